The van der Waals surface area contributed by atoms with Crippen molar-refractivity contribution in [1.29, 1.82) is 0 Å². The molecule has 1 unspecified atom stereocenters. The van der Waals surface area contributed by atoms with Crippen LogP contribution in [0.15, 0.2) is 12.1 Å². The summed E-state index contributed by atoms with van der Waals surface area (Å²) in [5, 5.41) is 0.389. The topological polar surface area (TPSA) is 0 Å². The van der Waals surface area contributed by atoms with Gasteiger partial charge in [-0.3, -0.25) is 0 Å². The molecule has 0 radical (unpaired) electrons. The standard InChI is InChI=1S/C15H21ClF3P/c1-2-3-4-5-6-7-8-11-12(16)9-10-13(20)14(11)15(17,18)19/h9-10H,2-8,20H2,1H3. The van der Waals surface area contributed by atoms with Crippen molar-refractivity contribution in [2.75, 3.05) is 0 Å². The zero-order valence-corrected chi connectivity index (χ0v) is 13.6. The molecule has 0 nitrogen and oxygen atoms in total. The van der Waals surface area contributed by atoms with Crippen LogP contribution in [0.25, 0.3) is 0 Å². The van der Waals surface area contributed by atoms with E-state index in [1.165, 1.54) is 18.9 Å². The third kappa shape index (κ3) is 5.26. The van der Waals surface area contributed by atoms with E-state index in [0.717, 1.165) is 25.7 Å². The highest BCUT2D eigenvalue weighted by Crippen LogP contribution is 2.35. The molecule has 0 bridgehead atoms. The number of benzene rings is 1. The van der Waals surface area contributed by atoms with Crippen molar-refractivity contribution >= 4 is 26.1 Å². The summed E-state index contributed by atoms with van der Waals surface area (Å²) in [6.45, 7) is 2.14. The highest BCUT2D eigenvalue weighted by molar-refractivity contribution is 7.27. The lowest BCUT2D eigenvalue weighted by atomic mass is 9.99. The predicted molar refractivity (Wildman–Crippen MR) is 82.9 cm³/mol. The van der Waals surface area contributed by atoms with Crippen LogP contribution in [0, 0.1) is 0 Å². The molecule has 5 heteroatoms. The molecule has 0 saturated heterocycles. The quantitative estimate of drug-likeness (QED) is 0.441. The molecule has 0 heterocycles. The Labute approximate surface area is 126 Å². The van der Waals surface area contributed by atoms with Gasteiger partial charge in [0.2, 0.25) is 0 Å². The Morgan fingerprint density at radius 2 is 1.65 bits per heavy atom. The molecule has 0 fully saturated rings. The van der Waals surface area contributed by atoms with Crippen LogP contribution in [0.1, 0.15) is 56.6 Å². The van der Waals surface area contributed by atoms with Crippen molar-refractivity contribution in [2.24, 2.45) is 0 Å². The summed E-state index contributed by atoms with van der Waals surface area (Å²) < 4.78 is 39.3. The third-order valence-corrected chi connectivity index (χ3v) is 4.19. The molecule has 1 aromatic rings. The maximum atomic E-state index is 13.1. The van der Waals surface area contributed by atoms with Gasteiger partial charge in [-0.05, 0) is 29.8 Å². The first-order valence-corrected chi connectivity index (χ1v) is 7.97. The van der Waals surface area contributed by atoms with Gasteiger partial charge in [0.05, 0.1) is 5.56 Å². The molecule has 1 atom stereocenters. The minimum atomic E-state index is -4.35. The van der Waals surface area contributed by atoms with E-state index in [9.17, 15) is 13.2 Å². The first kappa shape index (κ1) is 17.8. The van der Waals surface area contributed by atoms with E-state index < -0.39 is 11.7 Å². The van der Waals surface area contributed by atoms with Gasteiger partial charge in [-0.2, -0.15) is 13.2 Å². The maximum absolute atomic E-state index is 13.1. The van der Waals surface area contributed by atoms with Crippen molar-refractivity contribution in [3.8, 4) is 0 Å². The Kier molecular flexibility index (Phi) is 7.33. The molecule has 0 saturated carbocycles. The fourth-order valence-corrected chi connectivity index (χ4v) is 2.99. The maximum Gasteiger partial charge on any atom is 0.417 e. The molecule has 0 N–H and O–H groups in total. The Hall–Kier alpha value is -0.270. The van der Waals surface area contributed by atoms with Gasteiger partial charge in [0.1, 0.15) is 0 Å². The molecule has 0 aliphatic carbocycles. The van der Waals surface area contributed by atoms with Crippen LogP contribution in [-0.2, 0) is 12.6 Å². The minimum Gasteiger partial charge on any atom is -0.166 e. The van der Waals surface area contributed by atoms with E-state index in [4.69, 9.17) is 11.6 Å². The molecular formula is C15H21ClF3P. The molecule has 0 spiro atoms. The van der Waals surface area contributed by atoms with E-state index in [-0.39, 0.29) is 15.9 Å². The minimum absolute atomic E-state index is 0.169. The van der Waals surface area contributed by atoms with E-state index in [0.29, 0.717) is 6.42 Å². The largest absolute Gasteiger partial charge is 0.417 e. The molecule has 1 aromatic carbocycles. The molecule has 20 heavy (non-hydrogen) atoms. The van der Waals surface area contributed by atoms with E-state index in [1.807, 2.05) is 0 Å². The summed E-state index contributed by atoms with van der Waals surface area (Å²) in [5.41, 5.74) is -0.342. The Balaban J connectivity index is 2.71. The number of halogens is 4. The highest BCUT2D eigenvalue weighted by atomic mass is 35.5. The van der Waals surface area contributed by atoms with Crippen LogP contribution in [0.3, 0.4) is 0 Å². The monoisotopic (exact) mass is 324 g/mol. The number of rotatable bonds is 7. The molecule has 0 aliphatic heterocycles. The summed E-state index contributed by atoms with van der Waals surface area (Å²) in [6, 6.07) is 2.95. The van der Waals surface area contributed by atoms with Crippen LogP contribution < -0.4 is 5.30 Å². The smallest absolute Gasteiger partial charge is 0.166 e. The van der Waals surface area contributed by atoms with Gasteiger partial charge in [0, 0.05) is 5.02 Å². The normalized spacial score (nSPS) is 11.9. The fourth-order valence-electron chi connectivity index (χ4n) is 2.30. The first-order chi connectivity index (χ1) is 9.38. The summed E-state index contributed by atoms with van der Waals surface area (Å²) in [4.78, 5) is 0. The number of unbranched alkanes of at least 4 members (excludes halogenated alkanes) is 5. The van der Waals surface area contributed by atoms with Gasteiger partial charge >= 0.3 is 6.18 Å². The number of hydrogen-bond acceptors (Lipinski definition) is 0. The second-order valence-corrected chi connectivity index (χ2v) is 6.03. The Morgan fingerprint density at radius 1 is 1.05 bits per heavy atom. The van der Waals surface area contributed by atoms with Crippen molar-refractivity contribution < 1.29 is 13.2 Å². The van der Waals surface area contributed by atoms with Crippen molar-refractivity contribution in [1.82, 2.24) is 0 Å². The molecule has 1 rings (SSSR count). The molecule has 114 valence electrons. The lowest BCUT2D eigenvalue weighted by molar-refractivity contribution is -0.137. The van der Waals surface area contributed by atoms with Crippen molar-refractivity contribution in [2.45, 2.75) is 58.0 Å². The third-order valence-electron chi connectivity index (χ3n) is 3.35. The average Bonchev–Trinajstić information content (AvgIpc) is 2.36. The van der Waals surface area contributed by atoms with Gasteiger partial charge in [-0.1, -0.05) is 56.7 Å². The van der Waals surface area contributed by atoms with E-state index in [1.54, 1.807) is 6.07 Å². The van der Waals surface area contributed by atoms with E-state index >= 15 is 0 Å². The number of alkyl halides is 3. The summed E-state index contributed by atoms with van der Waals surface area (Å²) in [6.07, 6.45) is 2.33. The van der Waals surface area contributed by atoms with Gasteiger partial charge in [0.15, 0.2) is 0 Å². The van der Waals surface area contributed by atoms with Crippen LogP contribution in [0.2, 0.25) is 5.02 Å². The van der Waals surface area contributed by atoms with Gasteiger partial charge in [-0.25, -0.2) is 0 Å². The highest BCUT2D eigenvalue weighted by Gasteiger charge is 2.35. The zero-order valence-electron chi connectivity index (χ0n) is 11.7. The predicted octanol–water partition coefficient (Wildman–Crippen LogP) is 5.76. The zero-order chi connectivity index (χ0) is 15.2. The van der Waals surface area contributed by atoms with Crippen LogP contribution in [-0.4, -0.2) is 0 Å². The van der Waals surface area contributed by atoms with E-state index in [2.05, 4.69) is 16.2 Å². The van der Waals surface area contributed by atoms with Crippen LogP contribution in [0.5, 0.6) is 0 Å². The van der Waals surface area contributed by atoms with Crippen LogP contribution in [0.4, 0.5) is 13.2 Å². The Morgan fingerprint density at radius 3 is 2.25 bits per heavy atom. The SMILES string of the molecule is CCCCCCCCc1c(Cl)ccc(P)c1C(F)(F)F. The Bertz CT molecular complexity index is 430. The second-order valence-electron chi connectivity index (χ2n) is 5.01. The first-order valence-electron chi connectivity index (χ1n) is 7.02. The summed E-state index contributed by atoms with van der Waals surface area (Å²) >= 11 is 5.96. The van der Waals surface area contributed by atoms with Crippen molar-refractivity contribution in [3.05, 3.63) is 28.3 Å². The van der Waals surface area contributed by atoms with Gasteiger partial charge < -0.3 is 0 Å². The molecule has 0 aromatic heterocycles. The molecule has 0 aliphatic rings. The summed E-state index contributed by atoms with van der Waals surface area (Å²) in [7, 11) is 2.15. The molecular weight excluding hydrogens is 304 g/mol. The number of hydrogen-bond donors (Lipinski definition) is 0. The summed E-state index contributed by atoms with van der Waals surface area (Å²) in [5.74, 6) is 0. The van der Waals surface area contributed by atoms with Crippen molar-refractivity contribution in [3.63, 3.8) is 0 Å². The fraction of sp³-hybridized carbons (Fsp3) is 0.600. The lowest BCUT2D eigenvalue weighted by Crippen LogP contribution is -2.18. The average molecular weight is 325 g/mol. The van der Waals surface area contributed by atoms with Crippen LogP contribution >= 0.6 is 20.8 Å². The second kappa shape index (κ2) is 8.24. The van der Waals surface area contributed by atoms with Gasteiger partial charge in [0.25, 0.3) is 0 Å². The van der Waals surface area contributed by atoms with Gasteiger partial charge in [-0.15, -0.1) is 9.24 Å². The molecule has 0 amide bonds. The lowest BCUT2D eigenvalue weighted by Gasteiger charge is -2.17.